The molecule has 1 amide bonds. The van der Waals surface area contributed by atoms with E-state index < -0.39 is 10.0 Å². The Bertz CT molecular complexity index is 761. The van der Waals surface area contributed by atoms with E-state index in [2.05, 4.69) is 17.1 Å². The first-order valence-electron chi connectivity index (χ1n) is 9.29. The number of nitrogens with zero attached hydrogens (tertiary/aromatic N) is 2. The number of likely N-dealkylation sites (tertiary alicyclic amines) is 1. The van der Waals surface area contributed by atoms with Gasteiger partial charge in [-0.25, -0.2) is 8.42 Å². The van der Waals surface area contributed by atoms with Crippen LogP contribution in [0.25, 0.3) is 0 Å². The molecule has 1 unspecified atom stereocenters. The predicted octanol–water partition coefficient (Wildman–Crippen LogP) is 1.61. The molecule has 1 N–H and O–H groups in total. The van der Waals surface area contributed by atoms with Crippen molar-refractivity contribution < 1.29 is 13.2 Å². The minimum atomic E-state index is -3.50. The van der Waals surface area contributed by atoms with Crippen LogP contribution in [0.2, 0.25) is 0 Å². The molecular weight excluding hydrogens is 350 g/mol. The number of likely N-dealkylation sites (N-methyl/N-ethyl adjacent to an activating group) is 1. The fourth-order valence-corrected chi connectivity index (χ4v) is 5.08. The molecule has 2 aliphatic rings. The standard InChI is InChI=1S/C19H27N3O3S/c1-2-21-12-6-7-17(21)15-20-19(23)16-10-13-22(14-11-16)26(24,25)18-8-4-3-5-9-18/h3-5,8-10,17H,2,6-7,11-15H2,1H3,(H,20,23). The van der Waals surface area contributed by atoms with Gasteiger partial charge >= 0.3 is 0 Å². The van der Waals surface area contributed by atoms with Crippen molar-refractivity contribution in [2.24, 2.45) is 0 Å². The van der Waals surface area contributed by atoms with Crippen LogP contribution < -0.4 is 5.32 Å². The predicted molar refractivity (Wildman–Crippen MR) is 101 cm³/mol. The molecule has 142 valence electrons. The van der Waals surface area contributed by atoms with E-state index >= 15 is 0 Å². The highest BCUT2D eigenvalue weighted by atomic mass is 32.2. The summed E-state index contributed by atoms with van der Waals surface area (Å²) in [6.07, 6.45) is 4.49. The van der Waals surface area contributed by atoms with Crippen LogP contribution in [0.5, 0.6) is 0 Å². The Morgan fingerprint density at radius 2 is 2.00 bits per heavy atom. The van der Waals surface area contributed by atoms with Gasteiger partial charge in [0, 0.05) is 31.2 Å². The van der Waals surface area contributed by atoms with E-state index in [4.69, 9.17) is 0 Å². The number of sulfonamides is 1. The zero-order valence-electron chi connectivity index (χ0n) is 15.2. The van der Waals surface area contributed by atoms with E-state index in [1.165, 1.54) is 10.7 Å². The Labute approximate surface area is 155 Å². The lowest BCUT2D eigenvalue weighted by Crippen LogP contribution is -2.42. The summed E-state index contributed by atoms with van der Waals surface area (Å²) in [5.41, 5.74) is 0.686. The maximum atomic E-state index is 12.6. The average molecular weight is 378 g/mol. The average Bonchev–Trinajstić information content (AvgIpc) is 3.14. The third-order valence-electron chi connectivity index (χ3n) is 5.25. The van der Waals surface area contributed by atoms with Gasteiger partial charge in [-0.15, -0.1) is 0 Å². The summed E-state index contributed by atoms with van der Waals surface area (Å²) < 4.78 is 26.7. The zero-order chi connectivity index (χ0) is 18.6. The molecule has 0 aromatic heterocycles. The third-order valence-corrected chi connectivity index (χ3v) is 7.13. The molecular formula is C19H27N3O3S. The molecule has 1 saturated heterocycles. The fourth-order valence-electron chi connectivity index (χ4n) is 3.68. The van der Waals surface area contributed by atoms with Crippen molar-refractivity contribution >= 4 is 15.9 Å². The highest BCUT2D eigenvalue weighted by Gasteiger charge is 2.28. The first-order chi connectivity index (χ1) is 12.5. The summed E-state index contributed by atoms with van der Waals surface area (Å²) >= 11 is 0. The maximum Gasteiger partial charge on any atom is 0.247 e. The van der Waals surface area contributed by atoms with Gasteiger partial charge in [0.15, 0.2) is 0 Å². The molecule has 2 aliphatic heterocycles. The van der Waals surface area contributed by atoms with Crippen molar-refractivity contribution in [1.29, 1.82) is 0 Å². The highest BCUT2D eigenvalue weighted by Crippen LogP contribution is 2.21. The van der Waals surface area contributed by atoms with Gasteiger partial charge in [-0.2, -0.15) is 4.31 Å². The Morgan fingerprint density at radius 1 is 1.23 bits per heavy atom. The molecule has 1 fully saturated rings. The van der Waals surface area contributed by atoms with Gasteiger partial charge in [-0.1, -0.05) is 31.2 Å². The number of amides is 1. The van der Waals surface area contributed by atoms with Gasteiger partial charge in [0.05, 0.1) is 4.90 Å². The van der Waals surface area contributed by atoms with Crippen LogP contribution >= 0.6 is 0 Å². The Balaban J connectivity index is 1.56. The van der Waals surface area contributed by atoms with Crippen LogP contribution in [0, 0.1) is 0 Å². The second-order valence-electron chi connectivity index (χ2n) is 6.79. The molecule has 0 radical (unpaired) electrons. The largest absolute Gasteiger partial charge is 0.351 e. The Morgan fingerprint density at radius 3 is 2.65 bits per heavy atom. The molecule has 26 heavy (non-hydrogen) atoms. The number of carbonyl (C=O) groups is 1. The second-order valence-corrected chi connectivity index (χ2v) is 8.73. The number of hydrogen-bond donors (Lipinski definition) is 1. The number of benzene rings is 1. The molecule has 0 spiro atoms. The van der Waals surface area contributed by atoms with E-state index in [0.29, 0.717) is 36.0 Å². The summed E-state index contributed by atoms with van der Waals surface area (Å²) in [7, 11) is -3.50. The Hall–Kier alpha value is -1.70. The van der Waals surface area contributed by atoms with Crippen molar-refractivity contribution in [3.05, 3.63) is 42.0 Å². The third kappa shape index (κ3) is 4.16. The molecule has 2 heterocycles. The molecule has 3 rings (SSSR count). The van der Waals surface area contributed by atoms with Crippen LogP contribution in [0.1, 0.15) is 26.2 Å². The Kier molecular flexibility index (Phi) is 6.11. The summed E-state index contributed by atoms with van der Waals surface area (Å²) in [5, 5.41) is 3.03. The SMILES string of the molecule is CCN1CCCC1CNC(=O)C1=CCN(S(=O)(=O)c2ccccc2)CC1. The molecule has 7 heteroatoms. The molecule has 0 aliphatic carbocycles. The lowest BCUT2D eigenvalue weighted by Gasteiger charge is -2.26. The number of carbonyl (C=O) groups excluding carboxylic acids is 1. The minimum absolute atomic E-state index is 0.0651. The van der Waals surface area contributed by atoms with E-state index in [1.54, 1.807) is 36.4 Å². The van der Waals surface area contributed by atoms with E-state index in [9.17, 15) is 13.2 Å². The number of rotatable bonds is 6. The topological polar surface area (TPSA) is 69.7 Å². The molecule has 1 aromatic rings. The van der Waals surface area contributed by atoms with Crippen LogP contribution in [-0.4, -0.2) is 62.3 Å². The molecule has 0 bridgehead atoms. The van der Waals surface area contributed by atoms with Crippen LogP contribution in [0.4, 0.5) is 0 Å². The van der Waals surface area contributed by atoms with Crippen LogP contribution in [0.15, 0.2) is 46.9 Å². The van der Waals surface area contributed by atoms with Crippen molar-refractivity contribution in [2.75, 3.05) is 32.7 Å². The van der Waals surface area contributed by atoms with Gasteiger partial charge in [-0.05, 0) is 44.5 Å². The van der Waals surface area contributed by atoms with Gasteiger partial charge in [-0.3, -0.25) is 9.69 Å². The summed E-state index contributed by atoms with van der Waals surface area (Å²) in [4.78, 5) is 15.1. The fraction of sp³-hybridized carbons (Fsp3) is 0.526. The highest BCUT2D eigenvalue weighted by molar-refractivity contribution is 7.89. The van der Waals surface area contributed by atoms with E-state index in [1.807, 2.05) is 0 Å². The van der Waals surface area contributed by atoms with Crippen LogP contribution in [0.3, 0.4) is 0 Å². The van der Waals surface area contributed by atoms with Gasteiger partial charge in [0.2, 0.25) is 15.9 Å². The summed E-state index contributed by atoms with van der Waals surface area (Å²) in [6, 6.07) is 8.84. The first-order valence-corrected chi connectivity index (χ1v) is 10.7. The molecule has 6 nitrogen and oxygen atoms in total. The molecule has 1 atom stereocenters. The van der Waals surface area contributed by atoms with Gasteiger partial charge in [0.25, 0.3) is 0 Å². The van der Waals surface area contributed by atoms with Gasteiger partial charge in [0.1, 0.15) is 0 Å². The van der Waals surface area contributed by atoms with E-state index in [-0.39, 0.29) is 12.5 Å². The number of nitrogens with one attached hydrogen (secondary N) is 1. The van der Waals surface area contributed by atoms with Crippen molar-refractivity contribution in [3.8, 4) is 0 Å². The van der Waals surface area contributed by atoms with Crippen molar-refractivity contribution in [1.82, 2.24) is 14.5 Å². The van der Waals surface area contributed by atoms with Crippen molar-refractivity contribution in [2.45, 2.75) is 37.1 Å². The minimum Gasteiger partial charge on any atom is -0.351 e. The zero-order valence-corrected chi connectivity index (χ0v) is 16.0. The summed E-state index contributed by atoms with van der Waals surface area (Å²) in [6.45, 7) is 5.49. The maximum absolute atomic E-state index is 12.6. The lowest BCUT2D eigenvalue weighted by molar-refractivity contribution is -0.118. The smallest absolute Gasteiger partial charge is 0.247 e. The summed E-state index contributed by atoms with van der Waals surface area (Å²) in [5.74, 6) is -0.0651. The first kappa shape index (κ1) is 19.1. The second kappa shape index (κ2) is 8.33. The van der Waals surface area contributed by atoms with Gasteiger partial charge < -0.3 is 5.32 Å². The normalized spacial score (nSPS) is 22.2. The van der Waals surface area contributed by atoms with Crippen molar-refractivity contribution in [3.63, 3.8) is 0 Å². The molecule has 0 saturated carbocycles. The monoisotopic (exact) mass is 377 g/mol. The lowest BCUT2D eigenvalue weighted by atomic mass is 10.1. The van der Waals surface area contributed by atoms with Crippen LogP contribution in [-0.2, 0) is 14.8 Å². The quantitative estimate of drug-likeness (QED) is 0.818. The van der Waals surface area contributed by atoms with E-state index in [0.717, 1.165) is 19.5 Å². The molecule has 1 aromatic carbocycles. The number of hydrogen-bond acceptors (Lipinski definition) is 4.